The normalized spacial score (nSPS) is 11.1. The number of nitrogens with zero attached hydrogens (tertiary/aromatic N) is 1. The van der Waals surface area contributed by atoms with Gasteiger partial charge in [0.05, 0.1) is 0 Å². The largest absolute Gasteiger partial charge is 0.398 e. The highest BCUT2D eigenvalue weighted by Gasteiger charge is 2.15. The molecule has 2 aromatic rings. The predicted molar refractivity (Wildman–Crippen MR) is 85.1 cm³/mol. The molecule has 0 spiro atoms. The van der Waals surface area contributed by atoms with Crippen LogP contribution in [0.1, 0.15) is 5.56 Å². The zero-order valence-corrected chi connectivity index (χ0v) is 12.7. The van der Waals surface area contributed by atoms with E-state index in [0.29, 0.717) is 21.3 Å². The summed E-state index contributed by atoms with van der Waals surface area (Å²) < 4.78 is 0. The third-order valence-electron chi connectivity index (χ3n) is 2.62. The Labute approximate surface area is 132 Å². The van der Waals surface area contributed by atoms with E-state index >= 15 is 0 Å². The molecule has 21 heavy (non-hydrogen) atoms. The first-order valence-electron chi connectivity index (χ1n) is 6.04. The van der Waals surface area contributed by atoms with E-state index in [0.717, 1.165) is 0 Å². The van der Waals surface area contributed by atoms with Gasteiger partial charge in [-0.25, -0.2) is 0 Å². The maximum atomic E-state index is 12.3. The Hall–Kier alpha value is -2.04. The molecule has 1 N–H and O–H groups in total. The van der Waals surface area contributed by atoms with Crippen molar-refractivity contribution in [2.45, 2.75) is 0 Å². The summed E-state index contributed by atoms with van der Waals surface area (Å²) in [6, 6.07) is 13.5. The van der Waals surface area contributed by atoms with Gasteiger partial charge in [0.2, 0.25) is 0 Å². The zero-order valence-electron chi connectivity index (χ0n) is 11.1. The van der Waals surface area contributed by atoms with Crippen LogP contribution in [-0.4, -0.2) is 18.7 Å². The quantitative estimate of drug-likeness (QED) is 0.683. The molecule has 1 amide bonds. The van der Waals surface area contributed by atoms with E-state index in [1.807, 2.05) is 0 Å². The molecule has 0 saturated heterocycles. The Kier molecular flexibility index (Phi) is 5.20. The van der Waals surface area contributed by atoms with Crippen LogP contribution in [-0.2, 0) is 9.63 Å². The fourth-order valence-corrected chi connectivity index (χ4v) is 1.90. The average Bonchev–Trinajstić information content (AvgIpc) is 2.48. The number of carbonyl (C=O) groups excluding carboxylic acids is 1. The molecule has 0 aliphatic heterocycles. The molecule has 6 heteroatoms. The third kappa shape index (κ3) is 4.21. The maximum absolute atomic E-state index is 12.3. The molecule has 108 valence electrons. The van der Waals surface area contributed by atoms with Gasteiger partial charge in [-0.05, 0) is 36.4 Å². The van der Waals surface area contributed by atoms with Crippen molar-refractivity contribution in [1.82, 2.24) is 0 Å². The fraction of sp³-hybridized carbons (Fsp3) is 0.0667. The number of carbonyl (C=O) groups is 1. The fourth-order valence-electron chi connectivity index (χ4n) is 1.65. The van der Waals surface area contributed by atoms with Crippen LogP contribution < -0.4 is 5.32 Å². The van der Waals surface area contributed by atoms with Crippen LogP contribution in [0.4, 0.5) is 5.69 Å². The molecular formula is C15H12Cl2N2O2. The van der Waals surface area contributed by atoms with Crippen molar-refractivity contribution in [3.05, 3.63) is 64.1 Å². The summed E-state index contributed by atoms with van der Waals surface area (Å²) in [6.07, 6.45) is 0. The zero-order chi connectivity index (χ0) is 15.2. The van der Waals surface area contributed by atoms with Crippen molar-refractivity contribution in [2.24, 2.45) is 5.16 Å². The van der Waals surface area contributed by atoms with Crippen molar-refractivity contribution < 1.29 is 9.63 Å². The molecule has 0 saturated carbocycles. The van der Waals surface area contributed by atoms with Crippen molar-refractivity contribution in [3.63, 3.8) is 0 Å². The molecule has 0 aliphatic carbocycles. The lowest BCUT2D eigenvalue weighted by atomic mass is 10.1. The Morgan fingerprint density at radius 2 is 1.52 bits per heavy atom. The summed E-state index contributed by atoms with van der Waals surface area (Å²) in [4.78, 5) is 17.0. The molecule has 0 radical (unpaired) electrons. The summed E-state index contributed by atoms with van der Waals surface area (Å²) in [5.41, 5.74) is 1.37. The van der Waals surface area contributed by atoms with Crippen LogP contribution in [0.15, 0.2) is 53.7 Å². The summed E-state index contributed by atoms with van der Waals surface area (Å²) in [7, 11) is 1.38. The minimum atomic E-state index is -0.388. The van der Waals surface area contributed by atoms with E-state index in [2.05, 4.69) is 10.5 Å². The number of nitrogens with one attached hydrogen (secondary N) is 1. The Bertz CT molecular complexity index is 652. The topological polar surface area (TPSA) is 50.7 Å². The summed E-state index contributed by atoms with van der Waals surface area (Å²) in [5.74, 6) is -0.388. The number of anilines is 1. The third-order valence-corrected chi connectivity index (χ3v) is 3.12. The number of rotatable bonds is 4. The Morgan fingerprint density at radius 3 is 2.05 bits per heavy atom. The Balaban J connectivity index is 2.22. The number of amides is 1. The first-order chi connectivity index (χ1) is 10.1. The van der Waals surface area contributed by atoms with Gasteiger partial charge >= 0.3 is 0 Å². The van der Waals surface area contributed by atoms with Crippen molar-refractivity contribution in [3.8, 4) is 0 Å². The Morgan fingerprint density at radius 1 is 1.00 bits per heavy atom. The average molecular weight is 323 g/mol. The summed E-state index contributed by atoms with van der Waals surface area (Å²) in [5, 5.41) is 7.67. The SMILES string of the molecule is CON=C(C(=O)Nc1ccc(Cl)cc1)c1ccc(Cl)cc1. The van der Waals surface area contributed by atoms with Gasteiger partial charge in [0.15, 0.2) is 5.71 Å². The molecule has 0 heterocycles. The van der Waals surface area contributed by atoms with E-state index < -0.39 is 0 Å². The van der Waals surface area contributed by atoms with Gasteiger partial charge in [0.1, 0.15) is 7.11 Å². The lowest BCUT2D eigenvalue weighted by Gasteiger charge is -2.08. The second kappa shape index (κ2) is 7.11. The van der Waals surface area contributed by atoms with E-state index in [-0.39, 0.29) is 11.6 Å². The second-order valence-corrected chi connectivity index (χ2v) is 4.96. The molecule has 0 aliphatic rings. The lowest BCUT2D eigenvalue weighted by molar-refractivity contribution is -0.110. The standard InChI is InChI=1S/C15H12Cl2N2O2/c1-21-19-14(10-2-4-11(16)5-3-10)15(20)18-13-8-6-12(17)7-9-13/h2-9H,1H3,(H,18,20). The molecule has 0 atom stereocenters. The molecule has 0 aromatic heterocycles. The highest BCUT2D eigenvalue weighted by Crippen LogP contribution is 2.15. The van der Waals surface area contributed by atoms with Gasteiger partial charge in [-0.3, -0.25) is 4.79 Å². The molecule has 2 aromatic carbocycles. The van der Waals surface area contributed by atoms with Gasteiger partial charge in [0, 0.05) is 21.3 Å². The minimum Gasteiger partial charge on any atom is -0.398 e. The van der Waals surface area contributed by atoms with Gasteiger partial charge < -0.3 is 10.2 Å². The van der Waals surface area contributed by atoms with E-state index in [1.54, 1.807) is 48.5 Å². The van der Waals surface area contributed by atoms with Gasteiger partial charge in [-0.15, -0.1) is 0 Å². The van der Waals surface area contributed by atoms with Crippen LogP contribution in [0.5, 0.6) is 0 Å². The van der Waals surface area contributed by atoms with Crippen molar-refractivity contribution in [2.75, 3.05) is 12.4 Å². The van der Waals surface area contributed by atoms with Crippen LogP contribution in [0, 0.1) is 0 Å². The van der Waals surface area contributed by atoms with E-state index in [9.17, 15) is 4.79 Å². The van der Waals surface area contributed by atoms with Gasteiger partial charge in [-0.1, -0.05) is 40.5 Å². The van der Waals surface area contributed by atoms with Crippen LogP contribution in [0.3, 0.4) is 0 Å². The molecule has 4 nitrogen and oxygen atoms in total. The number of oxime groups is 1. The smallest absolute Gasteiger partial charge is 0.278 e. The summed E-state index contributed by atoms with van der Waals surface area (Å²) in [6.45, 7) is 0. The molecule has 2 rings (SSSR count). The second-order valence-electron chi connectivity index (χ2n) is 4.09. The van der Waals surface area contributed by atoms with Crippen molar-refractivity contribution in [1.29, 1.82) is 0 Å². The molecule has 0 unspecified atom stereocenters. The number of hydrogen-bond acceptors (Lipinski definition) is 3. The van der Waals surface area contributed by atoms with E-state index in [4.69, 9.17) is 28.0 Å². The number of hydrogen-bond donors (Lipinski definition) is 1. The molecule has 0 bridgehead atoms. The van der Waals surface area contributed by atoms with Gasteiger partial charge in [-0.2, -0.15) is 0 Å². The number of benzene rings is 2. The predicted octanol–water partition coefficient (Wildman–Crippen LogP) is 3.98. The summed E-state index contributed by atoms with van der Waals surface area (Å²) >= 11 is 11.6. The first-order valence-corrected chi connectivity index (χ1v) is 6.80. The first kappa shape index (κ1) is 15.4. The number of halogens is 2. The maximum Gasteiger partial charge on any atom is 0.278 e. The molecular weight excluding hydrogens is 311 g/mol. The van der Waals surface area contributed by atoms with Crippen LogP contribution >= 0.6 is 23.2 Å². The van der Waals surface area contributed by atoms with Crippen molar-refractivity contribution >= 4 is 40.5 Å². The van der Waals surface area contributed by atoms with Gasteiger partial charge in [0.25, 0.3) is 5.91 Å². The highest BCUT2D eigenvalue weighted by molar-refractivity contribution is 6.48. The molecule has 0 fully saturated rings. The van der Waals surface area contributed by atoms with E-state index in [1.165, 1.54) is 7.11 Å². The lowest BCUT2D eigenvalue weighted by Crippen LogP contribution is -2.24. The van der Waals surface area contributed by atoms with Crippen LogP contribution in [0.25, 0.3) is 0 Å². The highest BCUT2D eigenvalue weighted by atomic mass is 35.5. The van der Waals surface area contributed by atoms with Crippen LogP contribution in [0.2, 0.25) is 10.0 Å². The monoisotopic (exact) mass is 322 g/mol. The minimum absolute atomic E-state index is 0.157.